The average molecular weight is 318 g/mol. The molecule has 1 aromatic heterocycles. The molecule has 2 rings (SSSR count). The zero-order valence-electron chi connectivity index (χ0n) is 11.3. The molecule has 0 radical (unpaired) electrons. The first-order valence-electron chi connectivity index (χ1n) is 6.45. The van der Waals surface area contributed by atoms with Gasteiger partial charge in [0.25, 0.3) is 0 Å². The number of hydrogen-bond donors (Lipinski definition) is 5. The van der Waals surface area contributed by atoms with Crippen LogP contribution in [-0.4, -0.2) is 74.9 Å². The van der Waals surface area contributed by atoms with E-state index in [1.807, 2.05) is 0 Å². The van der Waals surface area contributed by atoms with Crippen molar-refractivity contribution in [1.82, 2.24) is 4.98 Å². The Hall–Kier alpha value is -1.10. The number of ketones is 1. The number of nitrogens with one attached hydrogen (secondary N) is 1. The first-order valence-corrected chi connectivity index (χ1v) is 7.26. The van der Waals surface area contributed by atoms with Crippen molar-refractivity contribution in [2.24, 2.45) is 0 Å². The number of Topliss-reactive ketones (excluding diaryl/α,β-unsaturated/α-hetero) is 1. The lowest BCUT2D eigenvalue weighted by Crippen LogP contribution is -2.60. The van der Waals surface area contributed by atoms with Crippen molar-refractivity contribution in [1.29, 1.82) is 0 Å². The number of ether oxygens (including phenoxy) is 1. The third kappa shape index (κ3) is 3.57. The van der Waals surface area contributed by atoms with Crippen molar-refractivity contribution in [3.63, 3.8) is 0 Å². The molecule has 0 saturated carbocycles. The van der Waals surface area contributed by atoms with Crippen molar-refractivity contribution in [2.75, 3.05) is 18.5 Å². The van der Waals surface area contributed by atoms with E-state index in [4.69, 9.17) is 9.84 Å². The van der Waals surface area contributed by atoms with Gasteiger partial charge in [-0.05, 0) is 0 Å². The maximum atomic E-state index is 11.2. The number of aliphatic hydroxyl groups is 4. The van der Waals surface area contributed by atoms with Crippen LogP contribution in [0.3, 0.4) is 0 Å². The largest absolute Gasteiger partial charge is 0.394 e. The van der Waals surface area contributed by atoms with Gasteiger partial charge in [-0.15, -0.1) is 0 Å². The molecule has 0 spiro atoms. The number of rotatable bonds is 5. The molecule has 0 aliphatic carbocycles. The van der Waals surface area contributed by atoms with Crippen LogP contribution in [0.4, 0.5) is 5.13 Å². The van der Waals surface area contributed by atoms with E-state index in [9.17, 15) is 20.1 Å². The van der Waals surface area contributed by atoms with E-state index < -0.39 is 37.1 Å². The number of aliphatic hydroxyl groups excluding tert-OH is 4. The van der Waals surface area contributed by atoms with Crippen LogP contribution in [-0.2, 0) is 4.74 Å². The molecule has 9 heteroatoms. The fourth-order valence-electron chi connectivity index (χ4n) is 2.05. The van der Waals surface area contributed by atoms with Crippen LogP contribution in [0.5, 0.6) is 0 Å². The number of hydrogen-bond acceptors (Lipinski definition) is 9. The number of aromatic nitrogens is 1. The molecule has 5 atom stereocenters. The second kappa shape index (κ2) is 6.77. The van der Waals surface area contributed by atoms with Crippen LogP contribution in [0.15, 0.2) is 6.20 Å². The standard InChI is InChI=1S/C12H18N2O6S/c1-5(16)8-3-14-12(21-8)13-2-6-9(17)11(19)10(18)7(4-15)20-6/h3,6-7,9-11,15,17-19H,2,4H2,1H3,(H,13,14)/t6-,7-,9-,10-,11-/m1/s1. The lowest BCUT2D eigenvalue weighted by molar-refractivity contribution is -0.225. The van der Waals surface area contributed by atoms with Crippen molar-refractivity contribution in [3.05, 3.63) is 11.1 Å². The Morgan fingerprint density at radius 1 is 1.33 bits per heavy atom. The first-order chi connectivity index (χ1) is 9.93. The monoisotopic (exact) mass is 318 g/mol. The molecule has 0 aromatic carbocycles. The Bertz CT molecular complexity index is 494. The molecule has 8 nitrogen and oxygen atoms in total. The molecule has 0 unspecified atom stereocenters. The Morgan fingerprint density at radius 2 is 2.00 bits per heavy atom. The maximum Gasteiger partial charge on any atom is 0.183 e. The van der Waals surface area contributed by atoms with E-state index in [1.54, 1.807) is 0 Å². The minimum Gasteiger partial charge on any atom is -0.394 e. The van der Waals surface area contributed by atoms with Crippen LogP contribution in [0.2, 0.25) is 0 Å². The van der Waals surface area contributed by atoms with Gasteiger partial charge in [-0.1, -0.05) is 11.3 Å². The van der Waals surface area contributed by atoms with E-state index in [0.29, 0.717) is 10.0 Å². The Labute approximate surface area is 125 Å². The highest BCUT2D eigenvalue weighted by molar-refractivity contribution is 7.17. The Kier molecular flexibility index (Phi) is 5.25. The molecular weight excluding hydrogens is 300 g/mol. The molecule has 5 N–H and O–H groups in total. The molecule has 0 bridgehead atoms. The quantitative estimate of drug-likeness (QED) is 0.419. The summed E-state index contributed by atoms with van der Waals surface area (Å²) in [4.78, 5) is 15.7. The molecule has 1 aliphatic heterocycles. The van der Waals surface area contributed by atoms with Crippen LogP contribution in [0.25, 0.3) is 0 Å². The van der Waals surface area contributed by atoms with Gasteiger partial charge in [0, 0.05) is 13.5 Å². The molecular formula is C12H18N2O6S. The first kappa shape index (κ1) is 16.3. The predicted molar refractivity (Wildman–Crippen MR) is 74.4 cm³/mol. The topological polar surface area (TPSA) is 132 Å². The van der Waals surface area contributed by atoms with E-state index in [-0.39, 0.29) is 12.3 Å². The van der Waals surface area contributed by atoms with E-state index >= 15 is 0 Å². The summed E-state index contributed by atoms with van der Waals surface area (Å²) >= 11 is 1.17. The number of carbonyl (C=O) groups excluding carboxylic acids is 1. The van der Waals surface area contributed by atoms with Gasteiger partial charge in [-0.2, -0.15) is 0 Å². The smallest absolute Gasteiger partial charge is 0.183 e. The van der Waals surface area contributed by atoms with Crippen molar-refractivity contribution < 1.29 is 30.0 Å². The highest BCUT2D eigenvalue weighted by Gasteiger charge is 2.43. The molecule has 118 valence electrons. The van der Waals surface area contributed by atoms with Crippen LogP contribution in [0, 0.1) is 0 Å². The minimum absolute atomic E-state index is 0.0895. The molecule has 2 heterocycles. The molecule has 1 saturated heterocycles. The van der Waals surface area contributed by atoms with E-state index in [2.05, 4.69) is 10.3 Å². The van der Waals surface area contributed by atoms with Crippen molar-refractivity contribution in [3.8, 4) is 0 Å². The maximum absolute atomic E-state index is 11.2. The van der Waals surface area contributed by atoms with Gasteiger partial charge in [0.05, 0.1) is 17.7 Å². The number of carbonyl (C=O) groups is 1. The van der Waals surface area contributed by atoms with Gasteiger partial charge in [0.15, 0.2) is 10.9 Å². The van der Waals surface area contributed by atoms with Gasteiger partial charge < -0.3 is 30.5 Å². The molecule has 0 amide bonds. The van der Waals surface area contributed by atoms with Crippen LogP contribution >= 0.6 is 11.3 Å². The lowest BCUT2D eigenvalue weighted by Gasteiger charge is -2.40. The normalized spacial score (nSPS) is 32.9. The van der Waals surface area contributed by atoms with Gasteiger partial charge in [-0.25, -0.2) is 4.98 Å². The van der Waals surface area contributed by atoms with Gasteiger partial charge >= 0.3 is 0 Å². The summed E-state index contributed by atoms with van der Waals surface area (Å²) in [6.07, 6.45) is -4.35. The molecule has 21 heavy (non-hydrogen) atoms. The summed E-state index contributed by atoms with van der Waals surface area (Å²) in [5.41, 5.74) is 0. The van der Waals surface area contributed by atoms with E-state index in [0.717, 1.165) is 0 Å². The zero-order chi connectivity index (χ0) is 15.6. The van der Waals surface area contributed by atoms with Gasteiger partial charge in [0.1, 0.15) is 30.5 Å². The highest BCUT2D eigenvalue weighted by Crippen LogP contribution is 2.23. The third-order valence-electron chi connectivity index (χ3n) is 3.30. The SMILES string of the molecule is CC(=O)c1cnc(NC[C@H]2O[C@H](CO)[C@@H](O)[C@H](O)[C@@H]2O)s1. The summed E-state index contributed by atoms with van der Waals surface area (Å²) in [5.74, 6) is -0.0895. The average Bonchev–Trinajstić information content (AvgIpc) is 2.93. The second-order valence-corrected chi connectivity index (χ2v) is 5.86. The predicted octanol–water partition coefficient (Wildman–Crippen LogP) is -1.40. The van der Waals surface area contributed by atoms with Crippen molar-refractivity contribution >= 4 is 22.3 Å². The lowest BCUT2D eigenvalue weighted by atomic mass is 9.95. The second-order valence-electron chi connectivity index (χ2n) is 4.83. The Balaban J connectivity index is 1.96. The van der Waals surface area contributed by atoms with Gasteiger partial charge in [-0.3, -0.25) is 4.79 Å². The number of thiazole rings is 1. The highest BCUT2D eigenvalue weighted by atomic mass is 32.1. The summed E-state index contributed by atoms with van der Waals surface area (Å²) in [5, 5.41) is 41.7. The fourth-order valence-corrected chi connectivity index (χ4v) is 2.77. The number of nitrogens with zero attached hydrogens (tertiary/aromatic N) is 1. The minimum atomic E-state index is -1.40. The summed E-state index contributed by atoms with van der Waals surface area (Å²) in [6.45, 7) is 1.09. The van der Waals surface area contributed by atoms with E-state index in [1.165, 1.54) is 24.5 Å². The van der Waals surface area contributed by atoms with Crippen molar-refractivity contribution in [2.45, 2.75) is 37.4 Å². The summed E-state index contributed by atoms with van der Waals surface area (Å²) in [6, 6.07) is 0. The Morgan fingerprint density at radius 3 is 2.57 bits per heavy atom. The number of anilines is 1. The van der Waals surface area contributed by atoms with Crippen LogP contribution in [0.1, 0.15) is 16.6 Å². The van der Waals surface area contributed by atoms with Crippen LogP contribution < -0.4 is 5.32 Å². The van der Waals surface area contributed by atoms with Gasteiger partial charge in [0.2, 0.25) is 0 Å². The third-order valence-corrected chi connectivity index (χ3v) is 4.35. The molecule has 1 fully saturated rings. The molecule has 1 aliphatic rings. The summed E-state index contributed by atoms with van der Waals surface area (Å²) < 4.78 is 5.34. The summed E-state index contributed by atoms with van der Waals surface area (Å²) in [7, 11) is 0. The molecule has 1 aromatic rings. The fraction of sp³-hybridized carbons (Fsp3) is 0.667. The zero-order valence-corrected chi connectivity index (χ0v) is 12.2.